The van der Waals surface area contributed by atoms with Gasteiger partial charge in [0.1, 0.15) is 0 Å². The van der Waals surface area contributed by atoms with Crippen LogP contribution >= 0.6 is 13.4 Å². The lowest BCUT2D eigenvalue weighted by Gasteiger charge is -1.99. The second-order valence-corrected chi connectivity index (χ2v) is 9.85. The molecule has 0 aliphatic carbocycles. The average Bonchev–Trinajstić information content (AvgIpc) is 2.28. The van der Waals surface area contributed by atoms with Gasteiger partial charge in [0.15, 0.2) is 0 Å². The van der Waals surface area contributed by atoms with Gasteiger partial charge in [0.05, 0.1) is 0 Å². The van der Waals surface area contributed by atoms with Crippen LogP contribution in [0.3, 0.4) is 0 Å². The molecule has 0 aromatic rings. The van der Waals surface area contributed by atoms with E-state index in [9.17, 15) is 0 Å². The number of hydrogen-bond donors (Lipinski definition) is 6. The van der Waals surface area contributed by atoms with Gasteiger partial charge >= 0.3 is 13.4 Å². The summed E-state index contributed by atoms with van der Waals surface area (Å²) >= 11 is 7.21. The molecule has 0 saturated carbocycles. The highest BCUT2D eigenvalue weighted by Gasteiger charge is 1.93. The van der Waals surface area contributed by atoms with Crippen LogP contribution in [0, 0.1) is 0 Å². The van der Waals surface area contributed by atoms with E-state index in [1.54, 1.807) is 0 Å². The van der Waals surface area contributed by atoms with Gasteiger partial charge in [0.25, 0.3) is 0 Å². The molecule has 6 N–H and O–H groups in total. The van der Waals surface area contributed by atoms with E-state index < -0.39 is 13.4 Å². The molecule has 0 aliphatic rings. The van der Waals surface area contributed by atoms with E-state index in [-0.39, 0.29) is 0 Å². The first-order valence-electron chi connectivity index (χ1n) is 7.48. The molecule has 0 atom stereocenters. The standard InChI is InChI=1S/C12H26.2H3O3PS/c1-3-5-7-9-11-12-10-8-6-4-2;2*1-4(2,3)5/h3-12H2,1-2H3;2*(H3,1,2,3,5). The molecule has 0 unspecified atom stereocenters. The predicted molar refractivity (Wildman–Crippen MR) is 99.4 cm³/mol. The molecule has 0 aromatic carbocycles. The zero-order valence-corrected chi connectivity index (χ0v) is 16.9. The molecule has 22 heavy (non-hydrogen) atoms. The van der Waals surface area contributed by atoms with Gasteiger partial charge in [-0.1, -0.05) is 78.1 Å². The molecule has 0 amide bonds. The Morgan fingerprint density at radius 2 is 0.636 bits per heavy atom. The van der Waals surface area contributed by atoms with Gasteiger partial charge in [-0.05, 0) is 23.6 Å². The van der Waals surface area contributed by atoms with E-state index in [2.05, 4.69) is 37.5 Å². The molecule has 0 heterocycles. The van der Waals surface area contributed by atoms with Crippen LogP contribution in [-0.4, -0.2) is 29.4 Å². The van der Waals surface area contributed by atoms with E-state index in [0.717, 1.165) is 0 Å². The Morgan fingerprint density at radius 3 is 0.773 bits per heavy atom. The van der Waals surface area contributed by atoms with E-state index in [1.807, 2.05) is 0 Å². The molecule has 0 fully saturated rings. The third kappa shape index (κ3) is 83.7. The lowest BCUT2D eigenvalue weighted by molar-refractivity contribution is 0.361. The van der Waals surface area contributed by atoms with E-state index in [4.69, 9.17) is 29.4 Å². The fourth-order valence-electron chi connectivity index (χ4n) is 1.56. The minimum absolute atomic E-state index is 1.37. The molecule has 0 bridgehead atoms. The fraction of sp³-hybridized carbons (Fsp3) is 1.00. The maximum atomic E-state index is 7.56. The number of hydrogen-bond acceptors (Lipinski definition) is 2. The van der Waals surface area contributed by atoms with Crippen molar-refractivity contribution in [2.45, 2.75) is 78.1 Å². The summed E-state index contributed by atoms with van der Waals surface area (Å²) in [6, 6.07) is 0. The normalized spacial score (nSPS) is 11.1. The van der Waals surface area contributed by atoms with Crippen LogP contribution in [0.25, 0.3) is 0 Å². The first-order chi connectivity index (χ1) is 9.91. The SMILES string of the molecule is CCCCCCCCCCCC.OP(O)(O)=S.OP(O)(O)=S. The zero-order chi connectivity index (χ0) is 18.1. The molecule has 0 spiro atoms. The van der Waals surface area contributed by atoms with Crippen molar-refractivity contribution in [2.24, 2.45) is 0 Å². The first kappa shape index (κ1) is 27.9. The largest absolute Gasteiger partial charge is 0.325 e. The summed E-state index contributed by atoms with van der Waals surface area (Å²) in [6.45, 7) is -3.05. The summed E-state index contributed by atoms with van der Waals surface area (Å²) in [5.41, 5.74) is 0. The van der Waals surface area contributed by atoms with Crippen molar-refractivity contribution in [2.75, 3.05) is 0 Å². The second-order valence-electron chi connectivity index (χ2n) is 4.85. The molecule has 0 saturated heterocycles. The van der Waals surface area contributed by atoms with Gasteiger partial charge < -0.3 is 29.4 Å². The number of rotatable bonds is 9. The highest BCUT2D eigenvalue weighted by atomic mass is 32.5. The van der Waals surface area contributed by atoms with E-state index in [1.165, 1.54) is 64.2 Å². The smallest absolute Gasteiger partial charge is 0.319 e. The van der Waals surface area contributed by atoms with Crippen LogP contribution in [0.1, 0.15) is 78.1 Å². The molecule has 0 radical (unpaired) electrons. The van der Waals surface area contributed by atoms with E-state index in [0.29, 0.717) is 0 Å². The molecule has 0 rings (SSSR count). The maximum Gasteiger partial charge on any atom is 0.319 e. The Morgan fingerprint density at radius 1 is 0.500 bits per heavy atom. The third-order valence-corrected chi connectivity index (χ3v) is 2.46. The Kier molecular flexibility index (Phi) is 23.3. The van der Waals surface area contributed by atoms with Crippen molar-refractivity contribution >= 4 is 37.1 Å². The van der Waals surface area contributed by atoms with E-state index >= 15 is 0 Å². The molecule has 10 heteroatoms. The summed E-state index contributed by atoms with van der Waals surface area (Å²) in [7, 11) is 0. The predicted octanol–water partition coefficient (Wildman–Crippen LogP) is 3.30. The summed E-state index contributed by atoms with van der Waals surface area (Å²) in [6.07, 6.45) is 14.4. The Hall–Kier alpha value is 1.06. The van der Waals surface area contributed by atoms with Crippen LogP contribution in [0.2, 0.25) is 0 Å². The van der Waals surface area contributed by atoms with Crippen molar-refractivity contribution in [3.05, 3.63) is 0 Å². The Labute approximate surface area is 144 Å². The van der Waals surface area contributed by atoms with Gasteiger partial charge in [-0.2, -0.15) is 0 Å². The summed E-state index contributed by atoms with van der Waals surface area (Å²) in [5, 5.41) is 0. The highest BCUT2D eigenvalue weighted by molar-refractivity contribution is 8.06. The van der Waals surface area contributed by atoms with Crippen LogP contribution in [0.4, 0.5) is 0 Å². The van der Waals surface area contributed by atoms with Crippen molar-refractivity contribution < 1.29 is 29.4 Å². The maximum absolute atomic E-state index is 7.56. The van der Waals surface area contributed by atoms with Gasteiger partial charge in [-0.3, -0.25) is 0 Å². The fourth-order valence-corrected chi connectivity index (χ4v) is 1.56. The second kappa shape index (κ2) is 18.4. The molecule has 0 aliphatic heterocycles. The van der Waals surface area contributed by atoms with Gasteiger partial charge in [-0.15, -0.1) is 0 Å². The summed E-state index contributed by atoms with van der Waals surface area (Å²) in [5.74, 6) is 0. The minimum Gasteiger partial charge on any atom is -0.325 e. The van der Waals surface area contributed by atoms with Crippen LogP contribution in [-0.2, 0) is 23.6 Å². The summed E-state index contributed by atoms with van der Waals surface area (Å²) in [4.78, 5) is 45.3. The minimum atomic E-state index is -3.81. The van der Waals surface area contributed by atoms with Gasteiger partial charge in [0.2, 0.25) is 0 Å². The van der Waals surface area contributed by atoms with Crippen LogP contribution in [0.5, 0.6) is 0 Å². The monoisotopic (exact) mass is 398 g/mol. The van der Waals surface area contributed by atoms with Crippen molar-refractivity contribution in [3.8, 4) is 0 Å². The highest BCUT2D eigenvalue weighted by Crippen LogP contribution is 2.26. The molecular formula is C12H32O6P2S2. The zero-order valence-electron chi connectivity index (χ0n) is 13.5. The van der Waals surface area contributed by atoms with Gasteiger partial charge in [0, 0.05) is 0 Å². The van der Waals surface area contributed by atoms with Crippen molar-refractivity contribution in [1.82, 2.24) is 0 Å². The van der Waals surface area contributed by atoms with Crippen LogP contribution < -0.4 is 0 Å². The first-order valence-corrected chi connectivity index (χ1v) is 12.8. The summed E-state index contributed by atoms with van der Waals surface area (Å²) < 4.78 is 0. The average molecular weight is 398 g/mol. The lowest BCUT2D eigenvalue weighted by Crippen LogP contribution is -1.80. The molecule has 6 nitrogen and oxygen atoms in total. The van der Waals surface area contributed by atoms with Crippen molar-refractivity contribution in [1.29, 1.82) is 0 Å². The molecular weight excluding hydrogens is 366 g/mol. The number of unbranched alkanes of at least 4 members (excludes halogenated alkanes) is 9. The third-order valence-electron chi connectivity index (χ3n) is 2.46. The Bertz CT molecular complexity index is 259. The quantitative estimate of drug-likeness (QED) is 0.258. The van der Waals surface area contributed by atoms with Gasteiger partial charge in [-0.25, -0.2) is 0 Å². The topological polar surface area (TPSA) is 121 Å². The Balaban J connectivity index is -0.000000298. The lowest BCUT2D eigenvalue weighted by atomic mass is 10.1. The molecule has 0 aromatic heterocycles. The van der Waals surface area contributed by atoms with Crippen molar-refractivity contribution in [3.63, 3.8) is 0 Å². The van der Waals surface area contributed by atoms with Crippen LogP contribution in [0.15, 0.2) is 0 Å². The molecule has 138 valence electrons.